The Kier molecular flexibility index (Phi) is 5.03. The molecule has 0 aliphatic carbocycles. The molecule has 1 N–H and O–H groups in total. The monoisotopic (exact) mass is 278 g/mol. The van der Waals surface area contributed by atoms with E-state index < -0.39 is 0 Å². The number of nitrogens with one attached hydrogen (secondary N) is 1. The predicted molar refractivity (Wildman–Crippen MR) is 83.8 cm³/mol. The first-order valence-corrected chi connectivity index (χ1v) is 7.77. The van der Waals surface area contributed by atoms with Gasteiger partial charge in [0.1, 0.15) is 5.82 Å². The predicted octanol–water partition coefficient (Wildman–Crippen LogP) is 3.74. The fraction of sp³-hybridized carbons (Fsp3) is 0.647. The maximum Gasteiger partial charge on any atom is 0.146 e. The molecule has 2 unspecified atom stereocenters. The summed E-state index contributed by atoms with van der Waals surface area (Å²) in [7, 11) is 0. The molecule has 0 saturated carbocycles. The molecule has 112 valence electrons. The fourth-order valence-electron chi connectivity index (χ4n) is 3.09. The molecule has 1 aliphatic rings. The van der Waals surface area contributed by atoms with Gasteiger partial charge in [0.2, 0.25) is 0 Å². The van der Waals surface area contributed by atoms with Gasteiger partial charge in [-0.3, -0.25) is 0 Å². The van der Waals surface area contributed by atoms with Crippen molar-refractivity contribution in [3.63, 3.8) is 0 Å². The molecule has 2 nitrogen and oxygen atoms in total. The van der Waals surface area contributed by atoms with E-state index in [9.17, 15) is 4.39 Å². The first kappa shape index (κ1) is 15.3. The van der Waals surface area contributed by atoms with E-state index in [2.05, 4.69) is 31.0 Å². The number of halogens is 1. The van der Waals surface area contributed by atoms with Crippen molar-refractivity contribution in [1.29, 1.82) is 0 Å². The molecule has 2 rings (SSSR count). The van der Waals surface area contributed by atoms with E-state index in [0.29, 0.717) is 18.0 Å². The Morgan fingerprint density at radius 2 is 2.15 bits per heavy atom. The Morgan fingerprint density at radius 1 is 1.40 bits per heavy atom. The quantitative estimate of drug-likeness (QED) is 0.902. The third-order valence-electron chi connectivity index (χ3n) is 4.14. The molecule has 1 aromatic carbocycles. The highest BCUT2D eigenvalue weighted by molar-refractivity contribution is 5.51. The second kappa shape index (κ2) is 6.57. The summed E-state index contributed by atoms with van der Waals surface area (Å²) in [6.45, 7) is 10.5. The van der Waals surface area contributed by atoms with Crippen molar-refractivity contribution in [1.82, 2.24) is 5.32 Å². The fourth-order valence-corrected chi connectivity index (χ4v) is 3.09. The van der Waals surface area contributed by atoms with E-state index in [-0.39, 0.29) is 5.82 Å². The van der Waals surface area contributed by atoms with Crippen LogP contribution in [0.15, 0.2) is 18.2 Å². The Balaban J connectivity index is 2.22. The van der Waals surface area contributed by atoms with Gasteiger partial charge in [0, 0.05) is 25.2 Å². The summed E-state index contributed by atoms with van der Waals surface area (Å²) in [5.74, 6) is 0.564. The lowest BCUT2D eigenvalue weighted by Crippen LogP contribution is -2.57. The van der Waals surface area contributed by atoms with Gasteiger partial charge in [-0.25, -0.2) is 4.39 Å². The number of hydrogen-bond acceptors (Lipinski definition) is 2. The van der Waals surface area contributed by atoms with Crippen LogP contribution >= 0.6 is 0 Å². The number of piperazine rings is 1. The molecule has 1 aliphatic heterocycles. The molecule has 20 heavy (non-hydrogen) atoms. The summed E-state index contributed by atoms with van der Waals surface area (Å²) in [6.07, 6.45) is 2.18. The van der Waals surface area contributed by atoms with Crippen molar-refractivity contribution in [2.75, 3.05) is 18.0 Å². The average molecular weight is 278 g/mol. The third kappa shape index (κ3) is 3.51. The van der Waals surface area contributed by atoms with Crippen molar-refractivity contribution in [3.8, 4) is 0 Å². The van der Waals surface area contributed by atoms with Crippen molar-refractivity contribution in [3.05, 3.63) is 29.6 Å². The van der Waals surface area contributed by atoms with Crippen molar-refractivity contribution in [2.24, 2.45) is 5.92 Å². The summed E-state index contributed by atoms with van der Waals surface area (Å²) in [4.78, 5) is 2.27. The molecule has 1 saturated heterocycles. The molecule has 0 aromatic heterocycles. The molecule has 1 aromatic rings. The van der Waals surface area contributed by atoms with Gasteiger partial charge in [-0.1, -0.05) is 26.8 Å². The normalized spacial score (nSPS) is 23.4. The molecule has 2 atom stereocenters. The highest BCUT2D eigenvalue weighted by Crippen LogP contribution is 2.26. The minimum atomic E-state index is -0.0979. The van der Waals surface area contributed by atoms with Gasteiger partial charge in [0.25, 0.3) is 0 Å². The minimum absolute atomic E-state index is 0.0979. The highest BCUT2D eigenvalue weighted by atomic mass is 19.1. The van der Waals surface area contributed by atoms with Gasteiger partial charge in [-0.15, -0.1) is 0 Å². The van der Waals surface area contributed by atoms with E-state index in [4.69, 9.17) is 0 Å². The Bertz CT molecular complexity index is 445. The van der Waals surface area contributed by atoms with E-state index in [1.807, 2.05) is 19.1 Å². The molecule has 0 amide bonds. The first-order valence-electron chi connectivity index (χ1n) is 7.77. The number of benzene rings is 1. The maximum atomic E-state index is 14.2. The van der Waals surface area contributed by atoms with Gasteiger partial charge in [0.05, 0.1) is 5.69 Å². The zero-order valence-electron chi connectivity index (χ0n) is 13.1. The number of rotatable bonds is 4. The van der Waals surface area contributed by atoms with Crippen LogP contribution in [0.2, 0.25) is 0 Å². The van der Waals surface area contributed by atoms with Crippen LogP contribution in [0.25, 0.3) is 0 Å². The molecule has 0 bridgehead atoms. The Hall–Kier alpha value is -1.09. The van der Waals surface area contributed by atoms with Crippen LogP contribution in [-0.2, 0) is 0 Å². The second-order valence-corrected chi connectivity index (χ2v) is 6.40. The maximum absolute atomic E-state index is 14.2. The van der Waals surface area contributed by atoms with Crippen molar-refractivity contribution >= 4 is 5.69 Å². The largest absolute Gasteiger partial charge is 0.363 e. The number of nitrogens with zero attached hydrogens (tertiary/aromatic N) is 1. The van der Waals surface area contributed by atoms with Gasteiger partial charge in [-0.2, -0.15) is 0 Å². The van der Waals surface area contributed by atoms with E-state index in [1.165, 1.54) is 0 Å². The standard InChI is InChI=1S/C17H27FN2/c1-5-15-10-19-14(8-12(2)3)11-20(15)17-9-13(4)6-7-16(17)18/h6-7,9,12,14-15,19H,5,8,10-11H2,1-4H3. The van der Waals surface area contributed by atoms with E-state index in [1.54, 1.807) is 6.07 Å². The lowest BCUT2D eigenvalue weighted by Gasteiger charge is -2.42. The van der Waals surface area contributed by atoms with Crippen LogP contribution in [0.3, 0.4) is 0 Å². The van der Waals surface area contributed by atoms with E-state index >= 15 is 0 Å². The SMILES string of the molecule is CCC1CNC(CC(C)C)CN1c1cc(C)ccc1F. The van der Waals surface area contributed by atoms with Gasteiger partial charge in [0.15, 0.2) is 0 Å². The number of hydrogen-bond donors (Lipinski definition) is 1. The number of anilines is 1. The molecular weight excluding hydrogens is 251 g/mol. The Morgan fingerprint density at radius 3 is 2.80 bits per heavy atom. The summed E-state index contributed by atoms with van der Waals surface area (Å²) in [5.41, 5.74) is 1.89. The summed E-state index contributed by atoms with van der Waals surface area (Å²) < 4.78 is 14.2. The average Bonchev–Trinajstić information content (AvgIpc) is 2.41. The second-order valence-electron chi connectivity index (χ2n) is 6.40. The molecule has 1 heterocycles. The van der Waals surface area contributed by atoms with Crippen LogP contribution in [0.4, 0.5) is 10.1 Å². The lowest BCUT2D eigenvalue weighted by molar-refractivity contribution is 0.341. The Labute approximate surface area is 122 Å². The van der Waals surface area contributed by atoms with Gasteiger partial charge < -0.3 is 10.2 Å². The molecule has 0 radical (unpaired) electrons. The smallest absolute Gasteiger partial charge is 0.146 e. The molecule has 0 spiro atoms. The lowest BCUT2D eigenvalue weighted by atomic mass is 9.98. The zero-order chi connectivity index (χ0) is 14.7. The van der Waals surface area contributed by atoms with Gasteiger partial charge in [-0.05, 0) is 43.4 Å². The highest BCUT2D eigenvalue weighted by Gasteiger charge is 2.28. The first-order chi connectivity index (χ1) is 9.51. The third-order valence-corrected chi connectivity index (χ3v) is 4.14. The van der Waals surface area contributed by atoms with Crippen LogP contribution in [0, 0.1) is 18.7 Å². The minimum Gasteiger partial charge on any atom is -0.363 e. The topological polar surface area (TPSA) is 15.3 Å². The molecule has 3 heteroatoms. The van der Waals surface area contributed by atoms with Crippen molar-refractivity contribution in [2.45, 2.75) is 52.6 Å². The summed E-state index contributed by atoms with van der Waals surface area (Å²) >= 11 is 0. The summed E-state index contributed by atoms with van der Waals surface area (Å²) in [6, 6.07) is 6.26. The van der Waals surface area contributed by atoms with Crippen LogP contribution < -0.4 is 10.2 Å². The van der Waals surface area contributed by atoms with Crippen LogP contribution in [0.1, 0.15) is 39.2 Å². The van der Waals surface area contributed by atoms with E-state index in [0.717, 1.165) is 37.2 Å². The summed E-state index contributed by atoms with van der Waals surface area (Å²) in [5, 5.41) is 3.62. The zero-order valence-corrected chi connectivity index (χ0v) is 13.1. The molecular formula is C17H27FN2. The van der Waals surface area contributed by atoms with Crippen LogP contribution in [-0.4, -0.2) is 25.2 Å². The molecule has 1 fully saturated rings. The van der Waals surface area contributed by atoms with Gasteiger partial charge >= 0.3 is 0 Å². The van der Waals surface area contributed by atoms with Crippen molar-refractivity contribution < 1.29 is 4.39 Å². The number of aryl methyl sites for hydroxylation is 1. The van der Waals surface area contributed by atoms with Crippen LogP contribution in [0.5, 0.6) is 0 Å².